The molecule has 0 aliphatic rings. The lowest BCUT2D eigenvalue weighted by Crippen LogP contribution is -2.08. The summed E-state index contributed by atoms with van der Waals surface area (Å²) in [5.41, 5.74) is 7.84. The van der Waals surface area contributed by atoms with Crippen LogP contribution in [0, 0.1) is 6.92 Å². The Morgan fingerprint density at radius 3 is 2.88 bits per heavy atom. The number of nitrogens with zero attached hydrogens (tertiary/aromatic N) is 2. The summed E-state index contributed by atoms with van der Waals surface area (Å²) >= 11 is 5.20. The van der Waals surface area contributed by atoms with Crippen molar-refractivity contribution in [1.82, 2.24) is 9.55 Å². The molecular weight excluding hydrogens is 286 g/mol. The van der Waals surface area contributed by atoms with Crippen LogP contribution in [0.5, 0.6) is 0 Å². The molecule has 0 spiro atoms. The average Bonchev–Trinajstić information content (AvgIpc) is 2.74. The second-order valence-corrected chi connectivity index (χ2v) is 5.52. The number of imidazole rings is 1. The highest BCUT2D eigenvalue weighted by molar-refractivity contribution is 9.10. The van der Waals surface area contributed by atoms with Crippen molar-refractivity contribution in [3.8, 4) is 10.6 Å². The number of hydrogen-bond acceptors (Lipinski definition) is 3. The first kappa shape index (κ1) is 11.8. The van der Waals surface area contributed by atoms with Gasteiger partial charge in [-0.15, -0.1) is 11.3 Å². The number of nitrogens with two attached hydrogens (primary N) is 1. The summed E-state index contributed by atoms with van der Waals surface area (Å²) in [7, 11) is 2.05. The summed E-state index contributed by atoms with van der Waals surface area (Å²) in [5.74, 6) is 1.06. The van der Waals surface area contributed by atoms with E-state index >= 15 is 0 Å². The maximum Gasteiger partial charge on any atom is 0.110 e. The molecule has 0 amide bonds. The largest absolute Gasteiger partial charge is 0.330 e. The molecule has 2 aromatic heterocycles. The van der Waals surface area contributed by atoms with Crippen LogP contribution < -0.4 is 5.73 Å². The van der Waals surface area contributed by atoms with Crippen molar-refractivity contribution in [2.45, 2.75) is 13.3 Å². The standard InChI is InChI=1S/C11H14BrN3S/c1-7-11(9-5-8(12)6-16-9)15(2)10(14-7)3-4-13/h5-6H,3-4,13H2,1-2H3. The highest BCUT2D eigenvalue weighted by Crippen LogP contribution is 2.32. The molecule has 0 fully saturated rings. The van der Waals surface area contributed by atoms with Gasteiger partial charge in [0.2, 0.25) is 0 Å². The number of halogens is 1. The fraction of sp³-hybridized carbons (Fsp3) is 0.364. The van der Waals surface area contributed by atoms with Gasteiger partial charge in [-0.1, -0.05) is 0 Å². The maximum absolute atomic E-state index is 5.57. The van der Waals surface area contributed by atoms with Gasteiger partial charge in [-0.3, -0.25) is 0 Å². The Morgan fingerprint density at radius 1 is 1.56 bits per heavy atom. The summed E-state index contributed by atoms with van der Waals surface area (Å²) in [6.45, 7) is 2.68. The average molecular weight is 300 g/mol. The third-order valence-corrected chi connectivity index (χ3v) is 4.23. The quantitative estimate of drug-likeness (QED) is 0.947. The zero-order chi connectivity index (χ0) is 11.7. The monoisotopic (exact) mass is 299 g/mol. The molecule has 2 aromatic rings. The van der Waals surface area contributed by atoms with Crippen molar-refractivity contribution in [2.24, 2.45) is 12.8 Å². The molecule has 86 valence electrons. The second kappa shape index (κ2) is 4.69. The van der Waals surface area contributed by atoms with Crippen LogP contribution in [-0.4, -0.2) is 16.1 Å². The summed E-state index contributed by atoms with van der Waals surface area (Å²) in [4.78, 5) is 5.80. The first-order chi connectivity index (χ1) is 7.63. The van der Waals surface area contributed by atoms with Gasteiger partial charge in [0.25, 0.3) is 0 Å². The summed E-state index contributed by atoms with van der Waals surface area (Å²) in [6, 6.07) is 2.13. The minimum absolute atomic E-state index is 0.637. The predicted octanol–water partition coefficient (Wildman–Crippen LogP) is 2.72. The van der Waals surface area contributed by atoms with Crippen LogP contribution in [0.3, 0.4) is 0 Å². The normalized spacial score (nSPS) is 11.0. The SMILES string of the molecule is Cc1nc(CCN)n(C)c1-c1cc(Br)cs1. The topological polar surface area (TPSA) is 43.8 Å². The lowest BCUT2D eigenvalue weighted by molar-refractivity contribution is 0.782. The van der Waals surface area contributed by atoms with Gasteiger partial charge in [-0.05, 0) is 35.5 Å². The summed E-state index contributed by atoms with van der Waals surface area (Å²) in [5, 5.41) is 2.09. The first-order valence-electron chi connectivity index (χ1n) is 5.10. The highest BCUT2D eigenvalue weighted by Gasteiger charge is 2.14. The maximum atomic E-state index is 5.57. The van der Waals surface area contributed by atoms with Gasteiger partial charge in [0.1, 0.15) is 5.82 Å². The summed E-state index contributed by atoms with van der Waals surface area (Å²) < 4.78 is 3.26. The molecule has 5 heteroatoms. The third kappa shape index (κ3) is 2.07. The second-order valence-electron chi connectivity index (χ2n) is 3.69. The lowest BCUT2D eigenvalue weighted by Gasteiger charge is -2.03. The minimum atomic E-state index is 0.637. The molecule has 2 N–H and O–H groups in total. The molecule has 2 heterocycles. The molecule has 0 unspecified atom stereocenters. The van der Waals surface area contributed by atoms with Gasteiger partial charge in [-0.25, -0.2) is 4.98 Å². The van der Waals surface area contributed by atoms with Crippen LogP contribution >= 0.6 is 27.3 Å². The fourth-order valence-electron chi connectivity index (χ4n) is 1.83. The van der Waals surface area contributed by atoms with E-state index in [0.29, 0.717) is 6.54 Å². The van der Waals surface area contributed by atoms with Crippen molar-refractivity contribution in [3.05, 3.63) is 27.4 Å². The summed E-state index contributed by atoms with van der Waals surface area (Å²) in [6.07, 6.45) is 0.823. The van der Waals surface area contributed by atoms with Crippen LogP contribution in [-0.2, 0) is 13.5 Å². The van der Waals surface area contributed by atoms with Gasteiger partial charge in [0, 0.05) is 23.3 Å². The minimum Gasteiger partial charge on any atom is -0.330 e. The smallest absolute Gasteiger partial charge is 0.110 e. The Morgan fingerprint density at radius 2 is 2.31 bits per heavy atom. The van der Waals surface area contributed by atoms with E-state index in [-0.39, 0.29) is 0 Å². The molecular formula is C11H14BrN3S. The van der Waals surface area contributed by atoms with E-state index in [1.165, 1.54) is 10.6 Å². The van der Waals surface area contributed by atoms with Gasteiger partial charge in [-0.2, -0.15) is 0 Å². The zero-order valence-corrected chi connectivity index (χ0v) is 11.7. The van der Waals surface area contributed by atoms with E-state index in [2.05, 4.69) is 36.9 Å². The third-order valence-electron chi connectivity index (χ3n) is 2.53. The van der Waals surface area contributed by atoms with Crippen LogP contribution in [0.1, 0.15) is 11.5 Å². The molecule has 16 heavy (non-hydrogen) atoms. The molecule has 0 saturated carbocycles. The van der Waals surface area contributed by atoms with E-state index in [4.69, 9.17) is 5.73 Å². The van der Waals surface area contributed by atoms with Crippen LogP contribution in [0.2, 0.25) is 0 Å². The predicted molar refractivity (Wildman–Crippen MR) is 71.7 cm³/mol. The Balaban J connectivity index is 2.48. The van der Waals surface area contributed by atoms with E-state index in [1.807, 2.05) is 14.0 Å². The molecule has 0 bridgehead atoms. The molecule has 0 saturated heterocycles. The van der Waals surface area contributed by atoms with Gasteiger partial charge >= 0.3 is 0 Å². The molecule has 0 aromatic carbocycles. The van der Waals surface area contributed by atoms with Crippen LogP contribution in [0.15, 0.2) is 15.9 Å². The molecule has 3 nitrogen and oxygen atoms in total. The highest BCUT2D eigenvalue weighted by atomic mass is 79.9. The van der Waals surface area contributed by atoms with Crippen molar-refractivity contribution >= 4 is 27.3 Å². The molecule has 0 atom stereocenters. The van der Waals surface area contributed by atoms with Crippen molar-refractivity contribution in [2.75, 3.05) is 6.54 Å². The van der Waals surface area contributed by atoms with Crippen molar-refractivity contribution in [1.29, 1.82) is 0 Å². The van der Waals surface area contributed by atoms with Gasteiger partial charge < -0.3 is 10.3 Å². The zero-order valence-electron chi connectivity index (χ0n) is 9.33. The Bertz CT molecular complexity index is 501. The number of aromatic nitrogens is 2. The molecule has 2 rings (SSSR count). The Kier molecular flexibility index (Phi) is 3.47. The molecule has 0 radical (unpaired) electrons. The van der Waals surface area contributed by atoms with Crippen molar-refractivity contribution < 1.29 is 0 Å². The fourth-order valence-corrected chi connectivity index (χ4v) is 3.39. The van der Waals surface area contributed by atoms with Gasteiger partial charge in [0.05, 0.1) is 16.3 Å². The first-order valence-corrected chi connectivity index (χ1v) is 6.77. The van der Waals surface area contributed by atoms with Crippen molar-refractivity contribution in [3.63, 3.8) is 0 Å². The van der Waals surface area contributed by atoms with E-state index in [1.54, 1.807) is 11.3 Å². The Labute approximate surface area is 107 Å². The van der Waals surface area contributed by atoms with E-state index < -0.39 is 0 Å². The van der Waals surface area contributed by atoms with E-state index in [0.717, 1.165) is 22.4 Å². The molecule has 0 aliphatic heterocycles. The van der Waals surface area contributed by atoms with Gasteiger partial charge in [0.15, 0.2) is 0 Å². The number of hydrogen-bond donors (Lipinski definition) is 1. The number of thiophene rings is 1. The van der Waals surface area contributed by atoms with E-state index in [9.17, 15) is 0 Å². The molecule has 0 aliphatic carbocycles. The lowest BCUT2D eigenvalue weighted by atomic mass is 10.3. The number of aryl methyl sites for hydroxylation is 1. The van der Waals surface area contributed by atoms with Crippen LogP contribution in [0.4, 0.5) is 0 Å². The van der Waals surface area contributed by atoms with Crippen LogP contribution in [0.25, 0.3) is 10.6 Å². The Hall–Kier alpha value is -0.650. The number of rotatable bonds is 3.